The molecule has 1 aromatic rings. The zero-order valence-electron chi connectivity index (χ0n) is 12.4. The molecular weight excluding hydrogens is 254 g/mol. The first-order valence-electron chi connectivity index (χ1n) is 7.07. The number of nitrogens with one attached hydrogen (secondary N) is 1. The molecule has 1 saturated heterocycles. The minimum absolute atomic E-state index is 0.185. The maximum absolute atomic E-state index is 12.5. The molecule has 1 unspecified atom stereocenters. The topological polar surface area (TPSA) is 58.6 Å². The van der Waals surface area contributed by atoms with E-state index in [0.717, 1.165) is 24.9 Å². The maximum Gasteiger partial charge on any atom is 0.327 e. The Balaban J connectivity index is 2.17. The number of esters is 1. The van der Waals surface area contributed by atoms with E-state index in [2.05, 4.69) is 5.32 Å². The highest BCUT2D eigenvalue weighted by molar-refractivity contribution is 5.82. The molecule has 0 aliphatic carbocycles. The van der Waals surface area contributed by atoms with Crippen LogP contribution in [-0.4, -0.2) is 28.8 Å². The van der Waals surface area contributed by atoms with Gasteiger partial charge in [-0.25, -0.2) is 0 Å². The molecule has 20 heavy (non-hydrogen) atoms. The van der Waals surface area contributed by atoms with Crippen molar-refractivity contribution in [3.8, 4) is 5.75 Å². The van der Waals surface area contributed by atoms with Gasteiger partial charge in [-0.15, -0.1) is 0 Å². The van der Waals surface area contributed by atoms with E-state index in [0.29, 0.717) is 6.42 Å². The fraction of sp³-hybridized carbons (Fsp3) is 0.562. The predicted octanol–water partition coefficient (Wildman–Crippen LogP) is 2.40. The average Bonchev–Trinajstić information content (AvgIpc) is 2.80. The Labute approximate surface area is 120 Å². The van der Waals surface area contributed by atoms with Crippen molar-refractivity contribution in [2.24, 2.45) is 0 Å². The van der Waals surface area contributed by atoms with E-state index in [-0.39, 0.29) is 11.7 Å². The summed E-state index contributed by atoms with van der Waals surface area (Å²) in [5.41, 5.74) is -0.101. The maximum atomic E-state index is 12.5. The Morgan fingerprint density at radius 2 is 2.00 bits per heavy atom. The van der Waals surface area contributed by atoms with E-state index in [1.165, 1.54) is 0 Å². The van der Waals surface area contributed by atoms with Crippen molar-refractivity contribution in [2.75, 3.05) is 6.54 Å². The highest BCUT2D eigenvalue weighted by atomic mass is 16.6. The Morgan fingerprint density at radius 3 is 2.50 bits per heavy atom. The normalized spacial score (nSPS) is 22.8. The zero-order chi connectivity index (χ0) is 14.8. The van der Waals surface area contributed by atoms with Gasteiger partial charge in [0.05, 0.1) is 0 Å². The summed E-state index contributed by atoms with van der Waals surface area (Å²) in [7, 11) is 0. The number of hydrogen-bond donors (Lipinski definition) is 2. The molecule has 1 fully saturated rings. The van der Waals surface area contributed by atoms with Gasteiger partial charge in [-0.1, -0.05) is 12.1 Å². The van der Waals surface area contributed by atoms with Crippen LogP contribution in [0, 0.1) is 0 Å². The SMILES string of the molecule is CC(C)(C)OC(=O)C1(Cc2ccc(O)cc2)CCCN1. The first-order chi connectivity index (χ1) is 9.31. The van der Waals surface area contributed by atoms with Crippen molar-refractivity contribution in [3.63, 3.8) is 0 Å². The van der Waals surface area contributed by atoms with Gasteiger partial charge in [0.1, 0.15) is 16.9 Å². The molecule has 1 aliphatic rings. The van der Waals surface area contributed by atoms with Crippen LogP contribution >= 0.6 is 0 Å². The molecule has 0 radical (unpaired) electrons. The second-order valence-corrected chi connectivity index (χ2v) is 6.46. The van der Waals surface area contributed by atoms with Crippen LogP contribution in [-0.2, 0) is 16.0 Å². The first kappa shape index (κ1) is 14.9. The Bertz CT molecular complexity index is 467. The minimum atomic E-state index is -0.635. The number of aromatic hydroxyl groups is 1. The van der Waals surface area contributed by atoms with E-state index in [1.54, 1.807) is 12.1 Å². The molecule has 0 aromatic heterocycles. The van der Waals surface area contributed by atoms with Crippen molar-refractivity contribution < 1.29 is 14.6 Å². The fourth-order valence-corrected chi connectivity index (χ4v) is 2.54. The van der Waals surface area contributed by atoms with Gasteiger partial charge in [0, 0.05) is 6.42 Å². The Morgan fingerprint density at radius 1 is 1.35 bits per heavy atom. The van der Waals surface area contributed by atoms with Crippen LogP contribution < -0.4 is 5.32 Å². The summed E-state index contributed by atoms with van der Waals surface area (Å²) in [5, 5.41) is 12.7. The van der Waals surface area contributed by atoms with Gasteiger partial charge in [-0.05, 0) is 57.9 Å². The fourth-order valence-electron chi connectivity index (χ4n) is 2.54. The molecule has 0 spiro atoms. The van der Waals surface area contributed by atoms with Crippen LogP contribution in [0.1, 0.15) is 39.2 Å². The molecule has 0 bridgehead atoms. The van der Waals surface area contributed by atoms with Gasteiger partial charge in [-0.3, -0.25) is 4.79 Å². The Hall–Kier alpha value is -1.55. The second kappa shape index (κ2) is 5.44. The number of benzene rings is 1. The lowest BCUT2D eigenvalue weighted by Crippen LogP contribution is -2.52. The van der Waals surface area contributed by atoms with E-state index in [9.17, 15) is 9.90 Å². The highest BCUT2D eigenvalue weighted by Crippen LogP contribution is 2.28. The third-order valence-electron chi connectivity index (χ3n) is 3.48. The van der Waals surface area contributed by atoms with Gasteiger partial charge >= 0.3 is 5.97 Å². The van der Waals surface area contributed by atoms with E-state index in [1.807, 2.05) is 32.9 Å². The van der Waals surface area contributed by atoms with Gasteiger partial charge in [0.25, 0.3) is 0 Å². The molecule has 4 nitrogen and oxygen atoms in total. The largest absolute Gasteiger partial charge is 0.508 e. The number of carbonyl (C=O) groups excluding carboxylic acids is 1. The number of phenolic OH excluding ortho intramolecular Hbond substituents is 1. The van der Waals surface area contributed by atoms with E-state index < -0.39 is 11.1 Å². The van der Waals surface area contributed by atoms with Gasteiger partial charge in [0.2, 0.25) is 0 Å². The highest BCUT2D eigenvalue weighted by Gasteiger charge is 2.43. The molecule has 2 N–H and O–H groups in total. The van der Waals surface area contributed by atoms with Crippen molar-refractivity contribution in [3.05, 3.63) is 29.8 Å². The minimum Gasteiger partial charge on any atom is -0.508 e. The summed E-state index contributed by atoms with van der Waals surface area (Å²) < 4.78 is 5.57. The average molecular weight is 277 g/mol. The molecule has 0 saturated carbocycles. The quantitative estimate of drug-likeness (QED) is 0.833. The van der Waals surface area contributed by atoms with Gasteiger partial charge in [-0.2, -0.15) is 0 Å². The second-order valence-electron chi connectivity index (χ2n) is 6.46. The van der Waals surface area contributed by atoms with Crippen LogP contribution in [0.15, 0.2) is 24.3 Å². The molecule has 0 amide bonds. The number of phenols is 1. The standard InChI is InChI=1S/C16H23NO3/c1-15(2,3)20-14(19)16(9-4-10-17-16)11-12-5-7-13(18)8-6-12/h5-8,17-18H,4,9-11H2,1-3H3. The monoisotopic (exact) mass is 277 g/mol. The predicted molar refractivity (Wildman–Crippen MR) is 77.6 cm³/mol. The summed E-state index contributed by atoms with van der Waals surface area (Å²) in [6.45, 7) is 6.48. The molecule has 1 aromatic carbocycles. The molecular formula is C16H23NO3. The van der Waals surface area contributed by atoms with Crippen molar-refractivity contribution in [2.45, 2.75) is 51.2 Å². The summed E-state index contributed by atoms with van der Waals surface area (Å²) in [5.74, 6) is 0.0509. The Kier molecular flexibility index (Phi) is 4.04. The van der Waals surface area contributed by atoms with Crippen molar-refractivity contribution >= 4 is 5.97 Å². The van der Waals surface area contributed by atoms with Crippen LogP contribution in [0.2, 0.25) is 0 Å². The summed E-state index contributed by atoms with van der Waals surface area (Å²) in [6.07, 6.45) is 2.34. The van der Waals surface area contributed by atoms with Crippen LogP contribution in [0.4, 0.5) is 0 Å². The van der Waals surface area contributed by atoms with Crippen LogP contribution in [0.5, 0.6) is 5.75 Å². The van der Waals surface area contributed by atoms with Gasteiger partial charge in [0.15, 0.2) is 0 Å². The zero-order valence-corrected chi connectivity index (χ0v) is 12.4. The molecule has 2 rings (SSSR count). The lowest BCUT2D eigenvalue weighted by molar-refractivity contribution is -0.162. The lowest BCUT2D eigenvalue weighted by Gasteiger charge is -2.31. The summed E-state index contributed by atoms with van der Waals surface area (Å²) >= 11 is 0. The molecule has 1 aliphatic heterocycles. The third kappa shape index (κ3) is 3.51. The van der Waals surface area contributed by atoms with Crippen LogP contribution in [0.3, 0.4) is 0 Å². The molecule has 4 heteroatoms. The number of hydrogen-bond acceptors (Lipinski definition) is 4. The van der Waals surface area contributed by atoms with Crippen molar-refractivity contribution in [1.29, 1.82) is 0 Å². The van der Waals surface area contributed by atoms with Gasteiger partial charge < -0.3 is 15.2 Å². The lowest BCUT2D eigenvalue weighted by atomic mass is 9.89. The number of ether oxygens (including phenoxy) is 1. The number of carbonyl (C=O) groups is 1. The van der Waals surface area contributed by atoms with Crippen molar-refractivity contribution in [1.82, 2.24) is 5.32 Å². The smallest absolute Gasteiger partial charge is 0.327 e. The first-order valence-corrected chi connectivity index (χ1v) is 7.07. The van der Waals surface area contributed by atoms with E-state index in [4.69, 9.17) is 4.74 Å². The molecule has 110 valence electrons. The van der Waals surface area contributed by atoms with Crippen LogP contribution in [0.25, 0.3) is 0 Å². The third-order valence-corrected chi connectivity index (χ3v) is 3.48. The molecule has 1 atom stereocenters. The summed E-state index contributed by atoms with van der Waals surface area (Å²) in [4.78, 5) is 12.5. The van der Waals surface area contributed by atoms with E-state index >= 15 is 0 Å². The molecule has 1 heterocycles. The number of rotatable bonds is 3. The summed E-state index contributed by atoms with van der Waals surface area (Å²) in [6, 6.07) is 6.99.